The summed E-state index contributed by atoms with van der Waals surface area (Å²) in [6, 6.07) is 10.7. The molecule has 10 N–H and O–H groups in total. The summed E-state index contributed by atoms with van der Waals surface area (Å²) in [5.41, 5.74) is 0.756. The molecule has 0 aliphatic carbocycles. The average molecular weight is 773 g/mol. The number of methoxy groups -OCH3 is 1. The summed E-state index contributed by atoms with van der Waals surface area (Å²) in [7, 11) is 1.24. The zero-order valence-electron chi connectivity index (χ0n) is 29.1. The number of aromatic hydroxyl groups is 5. The van der Waals surface area contributed by atoms with Gasteiger partial charge in [-0.15, -0.1) is 0 Å². The van der Waals surface area contributed by atoms with Crippen LogP contribution in [0.5, 0.6) is 40.2 Å². The van der Waals surface area contributed by atoms with Crippen LogP contribution in [0, 0.1) is 0 Å². The molecule has 3 aromatic carbocycles. The molecule has 3 aliphatic rings. The van der Waals surface area contributed by atoms with E-state index in [1.54, 1.807) is 12.1 Å². The Balaban J connectivity index is 1.15. The maximum absolute atomic E-state index is 12.5. The number of esters is 1. The minimum atomic E-state index is -1.89. The van der Waals surface area contributed by atoms with Crippen LogP contribution in [-0.4, -0.2) is 132 Å². The highest BCUT2D eigenvalue weighted by atomic mass is 16.7. The molecule has 3 aromatic rings. The minimum absolute atomic E-state index is 0.0155. The lowest BCUT2D eigenvalue weighted by molar-refractivity contribution is -0.325. The van der Waals surface area contributed by atoms with Crippen molar-refractivity contribution in [3.8, 4) is 40.2 Å². The quantitative estimate of drug-likeness (QED) is 0.0768. The Bertz CT molecular complexity index is 1910. The molecule has 0 amide bonds. The van der Waals surface area contributed by atoms with Gasteiger partial charge in [-0.2, -0.15) is 0 Å². The van der Waals surface area contributed by atoms with Crippen LogP contribution in [0.1, 0.15) is 29.7 Å². The van der Waals surface area contributed by atoms with E-state index in [9.17, 15) is 55.9 Å². The standard InChI is InChI=1S/C37H40O18/c1-15-34(55-27(42)8-5-16-3-6-18(38)7-4-16)31(46)33(48)36(51-15)50-14-26-29(44)30(45)32(47)37(54-26)53-25-13-20-21(40)11-19(39)12-23(20)52-35(25)17-9-22(41)28(43)24(10-17)49-2/h3-13,15,26,29-41,43-48H,14H2,1-2H3/b8-5+/t15-,26+,29+,30-,31-,32+,33+,34-,35?,36+,37+/m0/s1. The molecule has 0 saturated carbocycles. The van der Waals surface area contributed by atoms with E-state index in [0.29, 0.717) is 5.56 Å². The lowest BCUT2D eigenvalue weighted by atomic mass is 9.98. The number of hydrogen-bond acceptors (Lipinski definition) is 18. The van der Waals surface area contributed by atoms with Crippen molar-refractivity contribution in [2.45, 2.75) is 74.4 Å². The van der Waals surface area contributed by atoms with Gasteiger partial charge in [0.1, 0.15) is 65.4 Å². The van der Waals surface area contributed by atoms with E-state index in [-0.39, 0.29) is 39.9 Å². The fraction of sp³-hybridized carbons (Fsp3) is 0.378. The van der Waals surface area contributed by atoms with Crippen LogP contribution in [0.15, 0.2) is 60.4 Å². The number of phenolic OH excluding ortho intramolecular Hbond substituents is 5. The van der Waals surface area contributed by atoms with E-state index in [0.717, 1.165) is 18.2 Å². The van der Waals surface area contributed by atoms with Gasteiger partial charge in [-0.3, -0.25) is 0 Å². The molecule has 18 heteroatoms. The molecule has 18 nitrogen and oxygen atoms in total. The number of carbonyl (C=O) groups excluding carboxylic acids is 1. The molecule has 11 atom stereocenters. The first-order valence-electron chi connectivity index (χ1n) is 16.9. The first-order chi connectivity index (χ1) is 26.1. The molecule has 2 fully saturated rings. The summed E-state index contributed by atoms with van der Waals surface area (Å²) in [5.74, 6) is -3.06. The Morgan fingerprint density at radius 3 is 2.22 bits per heavy atom. The third-order valence-electron chi connectivity index (χ3n) is 9.17. The molecule has 0 radical (unpaired) electrons. The zero-order chi connectivity index (χ0) is 39.7. The second-order valence-corrected chi connectivity index (χ2v) is 13.0. The van der Waals surface area contributed by atoms with Crippen molar-refractivity contribution in [1.82, 2.24) is 0 Å². The van der Waals surface area contributed by atoms with Crippen molar-refractivity contribution in [2.75, 3.05) is 13.7 Å². The molecule has 0 spiro atoms. The number of benzene rings is 3. The van der Waals surface area contributed by atoms with Crippen LogP contribution in [-0.2, 0) is 28.5 Å². The predicted octanol–water partition coefficient (Wildman–Crippen LogP) is 0.630. The van der Waals surface area contributed by atoms with Crippen molar-refractivity contribution in [3.63, 3.8) is 0 Å². The van der Waals surface area contributed by atoms with Gasteiger partial charge in [-0.1, -0.05) is 12.1 Å². The maximum atomic E-state index is 12.5. The van der Waals surface area contributed by atoms with E-state index in [1.165, 1.54) is 50.5 Å². The van der Waals surface area contributed by atoms with E-state index >= 15 is 0 Å². The highest BCUT2D eigenvalue weighted by Gasteiger charge is 2.49. The molecule has 0 bridgehead atoms. The van der Waals surface area contributed by atoms with E-state index in [1.807, 2.05) is 0 Å². The number of fused-ring (bicyclic) bond motifs is 1. The van der Waals surface area contributed by atoms with Crippen LogP contribution < -0.4 is 9.47 Å². The Morgan fingerprint density at radius 2 is 1.51 bits per heavy atom. The second kappa shape index (κ2) is 16.2. The van der Waals surface area contributed by atoms with Crippen LogP contribution in [0.3, 0.4) is 0 Å². The first kappa shape index (κ1) is 39.4. The van der Waals surface area contributed by atoms with Gasteiger partial charge in [0.15, 0.2) is 30.0 Å². The van der Waals surface area contributed by atoms with Gasteiger partial charge in [0.25, 0.3) is 0 Å². The highest BCUT2D eigenvalue weighted by molar-refractivity contribution is 5.87. The van der Waals surface area contributed by atoms with E-state index < -0.39 is 97.3 Å². The van der Waals surface area contributed by atoms with Crippen molar-refractivity contribution in [3.05, 3.63) is 77.1 Å². The minimum Gasteiger partial charge on any atom is -0.508 e. The van der Waals surface area contributed by atoms with Gasteiger partial charge < -0.3 is 84.2 Å². The van der Waals surface area contributed by atoms with E-state index in [4.69, 9.17) is 33.2 Å². The lowest BCUT2D eigenvalue weighted by Gasteiger charge is -2.43. The Kier molecular flexibility index (Phi) is 11.6. The van der Waals surface area contributed by atoms with E-state index in [2.05, 4.69) is 0 Å². The van der Waals surface area contributed by atoms with Gasteiger partial charge in [-0.25, -0.2) is 4.79 Å². The number of ether oxygens (including phenoxy) is 7. The predicted molar refractivity (Wildman–Crippen MR) is 185 cm³/mol. The number of carbonyl (C=O) groups is 1. The molecule has 6 rings (SSSR count). The summed E-state index contributed by atoms with van der Waals surface area (Å²) in [6.45, 7) is 0.858. The molecular formula is C37H40O18. The summed E-state index contributed by atoms with van der Waals surface area (Å²) in [4.78, 5) is 12.5. The summed E-state index contributed by atoms with van der Waals surface area (Å²) < 4.78 is 39.6. The van der Waals surface area contributed by atoms with Crippen LogP contribution in [0.4, 0.5) is 0 Å². The van der Waals surface area contributed by atoms with Gasteiger partial charge >= 0.3 is 5.97 Å². The Morgan fingerprint density at radius 1 is 0.800 bits per heavy atom. The first-order valence-corrected chi connectivity index (χ1v) is 16.9. The molecule has 55 heavy (non-hydrogen) atoms. The van der Waals surface area contributed by atoms with Crippen LogP contribution >= 0.6 is 0 Å². The Hall–Kier alpha value is -5.31. The fourth-order valence-corrected chi connectivity index (χ4v) is 6.20. The topological polar surface area (TPSA) is 284 Å². The van der Waals surface area contributed by atoms with Gasteiger partial charge in [0.05, 0.1) is 25.4 Å². The highest BCUT2D eigenvalue weighted by Crippen LogP contribution is 2.47. The molecule has 296 valence electrons. The SMILES string of the molecule is COc1cc(C2Oc3cc(O)cc(O)c3C=C2O[C@@H]2O[C@H](CO[C@@H]3O[C@@H](C)[C@H](OC(=O)/C=C/c4ccc(O)cc4)[C@@H](O)[C@H]3O)[C@@H](O)[C@H](O)[C@H]2O)cc(O)c1O. The molecule has 2 saturated heterocycles. The van der Waals surface area contributed by atoms with Crippen molar-refractivity contribution in [1.29, 1.82) is 0 Å². The number of aliphatic hydroxyl groups excluding tert-OH is 5. The molecule has 0 aromatic heterocycles. The molecule has 3 aliphatic heterocycles. The molecule has 3 heterocycles. The third kappa shape index (κ3) is 8.36. The van der Waals surface area contributed by atoms with Gasteiger partial charge in [0.2, 0.25) is 12.0 Å². The smallest absolute Gasteiger partial charge is 0.331 e. The normalized spacial score (nSPS) is 30.5. The zero-order valence-corrected chi connectivity index (χ0v) is 29.1. The monoisotopic (exact) mass is 772 g/mol. The third-order valence-corrected chi connectivity index (χ3v) is 9.17. The molecule has 1 unspecified atom stereocenters. The summed E-state index contributed by atoms with van der Waals surface area (Å²) in [6.07, 6.45) is -13.6. The van der Waals surface area contributed by atoms with Crippen molar-refractivity contribution >= 4 is 18.1 Å². The Labute approximate surface area is 312 Å². The summed E-state index contributed by atoms with van der Waals surface area (Å²) >= 11 is 0. The van der Waals surface area contributed by atoms with Crippen molar-refractivity contribution < 1.29 is 89.0 Å². The summed E-state index contributed by atoms with van der Waals surface area (Å²) in [5, 5.41) is 105. The van der Waals surface area contributed by atoms with Crippen molar-refractivity contribution in [2.24, 2.45) is 0 Å². The number of rotatable bonds is 10. The number of aliphatic hydroxyl groups is 5. The number of phenols is 5. The fourth-order valence-electron chi connectivity index (χ4n) is 6.20. The largest absolute Gasteiger partial charge is 0.508 e. The number of hydrogen-bond donors (Lipinski definition) is 10. The lowest BCUT2D eigenvalue weighted by Crippen LogP contribution is -2.61. The average Bonchev–Trinajstić information content (AvgIpc) is 3.15. The molecular weight excluding hydrogens is 732 g/mol. The second-order valence-electron chi connectivity index (χ2n) is 13.0. The van der Waals surface area contributed by atoms with Crippen LogP contribution in [0.2, 0.25) is 0 Å². The van der Waals surface area contributed by atoms with Gasteiger partial charge in [-0.05, 0) is 48.9 Å². The van der Waals surface area contributed by atoms with Crippen LogP contribution in [0.25, 0.3) is 12.2 Å². The maximum Gasteiger partial charge on any atom is 0.331 e. The van der Waals surface area contributed by atoms with Gasteiger partial charge in [0, 0.05) is 23.8 Å².